The van der Waals surface area contributed by atoms with Gasteiger partial charge in [0.1, 0.15) is 16.9 Å². The van der Waals surface area contributed by atoms with E-state index in [1.54, 1.807) is 0 Å². The topological polar surface area (TPSA) is 44.1 Å². The number of rotatable bonds is 5. The highest BCUT2D eigenvalue weighted by Crippen LogP contribution is 2.69. The van der Waals surface area contributed by atoms with E-state index in [1.807, 2.05) is 6.08 Å². The smallest absolute Gasteiger partial charge is 0.342 e. The SMILES string of the molecule is CCCC1C2CCC1(OC(=O)c1cn(C)nc1C(F)F)[C@]1(C)C=CC=CC21. The number of allylic oxidation sites excluding steroid dienone is 3. The van der Waals surface area contributed by atoms with Gasteiger partial charge in [0.25, 0.3) is 6.43 Å². The predicted molar refractivity (Wildman–Crippen MR) is 97.3 cm³/mol. The number of alkyl halides is 2. The number of hydrogen-bond donors (Lipinski definition) is 0. The van der Waals surface area contributed by atoms with Crippen molar-refractivity contribution in [3.63, 3.8) is 0 Å². The minimum atomic E-state index is -2.81. The first-order valence-corrected chi connectivity index (χ1v) is 9.75. The molecule has 4 nitrogen and oxygen atoms in total. The van der Waals surface area contributed by atoms with Crippen LogP contribution in [0.1, 0.15) is 62.0 Å². The quantitative estimate of drug-likeness (QED) is 0.691. The van der Waals surface area contributed by atoms with Crippen LogP contribution in [-0.4, -0.2) is 21.4 Å². The fourth-order valence-electron chi connectivity index (χ4n) is 6.01. The molecule has 2 saturated carbocycles. The molecule has 0 spiro atoms. The summed E-state index contributed by atoms with van der Waals surface area (Å²) >= 11 is 0. The van der Waals surface area contributed by atoms with Gasteiger partial charge >= 0.3 is 5.97 Å². The molecule has 2 bridgehead atoms. The molecule has 0 radical (unpaired) electrons. The molecule has 1 heterocycles. The Morgan fingerprint density at radius 1 is 1.44 bits per heavy atom. The number of nitrogens with zero attached hydrogens (tertiary/aromatic N) is 2. The molecule has 27 heavy (non-hydrogen) atoms. The molecule has 1 aromatic rings. The molecule has 0 aromatic carbocycles. The largest absolute Gasteiger partial charge is 0.454 e. The Hall–Kier alpha value is -1.98. The Labute approximate surface area is 158 Å². The number of aromatic nitrogens is 2. The zero-order chi connectivity index (χ0) is 19.4. The van der Waals surface area contributed by atoms with E-state index in [2.05, 4.69) is 37.2 Å². The molecule has 3 aliphatic carbocycles. The van der Waals surface area contributed by atoms with Crippen molar-refractivity contribution < 1.29 is 18.3 Å². The maximum atomic E-state index is 13.3. The van der Waals surface area contributed by atoms with Gasteiger partial charge in [0.05, 0.1) is 0 Å². The first-order chi connectivity index (χ1) is 12.8. The Balaban J connectivity index is 1.73. The van der Waals surface area contributed by atoms with Crippen LogP contribution in [0.4, 0.5) is 8.78 Å². The Kier molecular flexibility index (Phi) is 4.28. The van der Waals surface area contributed by atoms with Crippen molar-refractivity contribution in [1.29, 1.82) is 0 Å². The number of halogens is 2. The first kappa shape index (κ1) is 18.4. The van der Waals surface area contributed by atoms with Crippen LogP contribution in [0.2, 0.25) is 0 Å². The summed E-state index contributed by atoms with van der Waals surface area (Å²) in [5.41, 5.74) is -1.57. The van der Waals surface area contributed by atoms with E-state index in [0.29, 0.717) is 11.8 Å². The summed E-state index contributed by atoms with van der Waals surface area (Å²) in [5, 5.41) is 3.76. The van der Waals surface area contributed by atoms with Crippen molar-refractivity contribution in [2.75, 3.05) is 0 Å². The third-order valence-corrected chi connectivity index (χ3v) is 7.06. The number of carbonyl (C=O) groups excluding carboxylic acids is 1. The van der Waals surface area contributed by atoms with Crippen LogP contribution in [0.15, 0.2) is 30.5 Å². The van der Waals surface area contributed by atoms with Gasteiger partial charge in [0.15, 0.2) is 0 Å². The van der Waals surface area contributed by atoms with Crippen LogP contribution < -0.4 is 0 Å². The number of fused-ring (bicyclic) bond motifs is 5. The lowest BCUT2D eigenvalue weighted by Crippen LogP contribution is -2.51. The average molecular weight is 376 g/mol. The molecular weight excluding hydrogens is 350 g/mol. The molecule has 3 aliphatic rings. The molecule has 0 amide bonds. The van der Waals surface area contributed by atoms with Crippen molar-refractivity contribution in [3.05, 3.63) is 41.8 Å². The van der Waals surface area contributed by atoms with Crippen LogP contribution in [-0.2, 0) is 11.8 Å². The van der Waals surface area contributed by atoms with Crippen molar-refractivity contribution in [2.45, 2.75) is 51.6 Å². The van der Waals surface area contributed by atoms with Gasteiger partial charge in [-0.1, -0.05) is 44.6 Å². The predicted octanol–water partition coefficient (Wildman–Crippen LogP) is 4.84. The fraction of sp³-hybridized carbons (Fsp3) is 0.619. The Morgan fingerprint density at radius 3 is 2.93 bits per heavy atom. The first-order valence-electron chi connectivity index (χ1n) is 9.75. The van der Waals surface area contributed by atoms with E-state index in [0.717, 1.165) is 25.7 Å². The van der Waals surface area contributed by atoms with Gasteiger partial charge < -0.3 is 4.74 Å². The van der Waals surface area contributed by atoms with Gasteiger partial charge in [-0.15, -0.1) is 0 Å². The highest BCUT2D eigenvalue weighted by Gasteiger charge is 2.70. The number of esters is 1. The highest BCUT2D eigenvalue weighted by molar-refractivity contribution is 5.91. The molecule has 1 aromatic heterocycles. The second kappa shape index (κ2) is 6.28. The van der Waals surface area contributed by atoms with Crippen molar-refractivity contribution >= 4 is 5.97 Å². The van der Waals surface area contributed by atoms with Crippen LogP contribution in [0.5, 0.6) is 0 Å². The number of aryl methyl sites for hydroxylation is 1. The molecule has 146 valence electrons. The van der Waals surface area contributed by atoms with Crippen molar-refractivity contribution in [2.24, 2.45) is 30.2 Å². The maximum absolute atomic E-state index is 13.3. The molecule has 2 fully saturated rings. The number of carbonyl (C=O) groups is 1. The summed E-state index contributed by atoms with van der Waals surface area (Å²) in [4.78, 5) is 13.0. The third kappa shape index (κ3) is 2.44. The van der Waals surface area contributed by atoms with E-state index < -0.39 is 23.7 Å². The lowest BCUT2D eigenvalue weighted by molar-refractivity contribution is -0.0882. The van der Waals surface area contributed by atoms with Crippen molar-refractivity contribution in [1.82, 2.24) is 9.78 Å². The minimum absolute atomic E-state index is 0.122. The van der Waals surface area contributed by atoms with Crippen molar-refractivity contribution in [3.8, 4) is 0 Å². The van der Waals surface area contributed by atoms with E-state index in [9.17, 15) is 13.6 Å². The lowest BCUT2D eigenvalue weighted by atomic mass is 9.63. The highest BCUT2D eigenvalue weighted by atomic mass is 19.3. The van der Waals surface area contributed by atoms with E-state index in [-0.39, 0.29) is 16.9 Å². The summed E-state index contributed by atoms with van der Waals surface area (Å²) in [6.45, 7) is 4.30. The van der Waals surface area contributed by atoms with Gasteiger partial charge in [0, 0.05) is 24.6 Å². The summed E-state index contributed by atoms with van der Waals surface area (Å²) in [6, 6.07) is 0. The van der Waals surface area contributed by atoms with Gasteiger partial charge in [-0.2, -0.15) is 5.10 Å². The molecule has 4 unspecified atom stereocenters. The summed E-state index contributed by atoms with van der Waals surface area (Å²) in [5.74, 6) is 0.363. The Bertz CT molecular complexity index is 815. The lowest BCUT2D eigenvalue weighted by Gasteiger charge is -2.47. The zero-order valence-corrected chi connectivity index (χ0v) is 16.0. The third-order valence-electron chi connectivity index (χ3n) is 7.06. The van der Waals surface area contributed by atoms with Crippen LogP contribution in [0.25, 0.3) is 0 Å². The second-order valence-corrected chi connectivity index (χ2v) is 8.33. The summed E-state index contributed by atoms with van der Waals surface area (Å²) in [6.07, 6.45) is 10.8. The normalized spacial score (nSPS) is 36.4. The summed E-state index contributed by atoms with van der Waals surface area (Å²) in [7, 11) is 1.54. The molecular formula is C21H26F2N2O2. The van der Waals surface area contributed by atoms with Gasteiger partial charge in [-0.25, -0.2) is 13.6 Å². The van der Waals surface area contributed by atoms with Gasteiger partial charge in [-0.3, -0.25) is 4.68 Å². The summed E-state index contributed by atoms with van der Waals surface area (Å²) < 4.78 is 34.1. The average Bonchev–Trinajstić information content (AvgIpc) is 3.23. The maximum Gasteiger partial charge on any atom is 0.342 e. The number of hydrogen-bond acceptors (Lipinski definition) is 3. The van der Waals surface area contributed by atoms with Crippen LogP contribution in [0, 0.1) is 23.2 Å². The van der Waals surface area contributed by atoms with Crippen LogP contribution in [0.3, 0.4) is 0 Å². The van der Waals surface area contributed by atoms with Crippen LogP contribution >= 0.6 is 0 Å². The van der Waals surface area contributed by atoms with Gasteiger partial charge in [-0.05, 0) is 31.1 Å². The minimum Gasteiger partial charge on any atom is -0.454 e. The van der Waals surface area contributed by atoms with E-state index >= 15 is 0 Å². The standard InChI is InChI=1S/C21H26F2N2O2/c1-4-7-16-13-9-11-21(16,20(2)10-6-5-8-15(13)20)27-19(26)14-12-25(3)24-17(14)18(22)23/h5-6,8,10,12-13,15-16,18H,4,7,9,11H2,1-3H3/t13?,15?,16?,20-,21?/m1/s1. The molecule has 0 saturated heterocycles. The molecule has 5 atom stereocenters. The number of ether oxygens (including phenoxy) is 1. The molecule has 4 rings (SSSR count). The van der Waals surface area contributed by atoms with E-state index in [1.165, 1.54) is 17.9 Å². The fourth-order valence-corrected chi connectivity index (χ4v) is 6.01. The second-order valence-electron chi connectivity index (χ2n) is 8.33. The zero-order valence-electron chi connectivity index (χ0n) is 16.0. The molecule has 0 aliphatic heterocycles. The Morgan fingerprint density at radius 2 is 2.22 bits per heavy atom. The monoisotopic (exact) mass is 376 g/mol. The molecule has 6 heteroatoms. The van der Waals surface area contributed by atoms with E-state index in [4.69, 9.17) is 4.74 Å². The molecule has 0 N–H and O–H groups in total. The van der Waals surface area contributed by atoms with Gasteiger partial charge in [0.2, 0.25) is 0 Å².